The summed E-state index contributed by atoms with van der Waals surface area (Å²) in [6, 6.07) is 4.00. The number of rotatable bonds is 8. The van der Waals surface area contributed by atoms with E-state index in [9.17, 15) is 13.2 Å². The van der Waals surface area contributed by atoms with Gasteiger partial charge in [0.2, 0.25) is 5.88 Å². The third kappa shape index (κ3) is 4.70. The Labute approximate surface area is 241 Å². The number of imidazole rings is 1. The molecule has 0 N–H and O–H groups in total. The molecular formula is C30H33F3N8O. The molecule has 1 atom stereocenters. The number of alkyl halides is 3. The van der Waals surface area contributed by atoms with Crippen LogP contribution in [0.15, 0.2) is 30.9 Å². The van der Waals surface area contributed by atoms with Crippen LogP contribution in [0, 0.1) is 0 Å². The first-order chi connectivity index (χ1) is 20.3. The summed E-state index contributed by atoms with van der Waals surface area (Å²) >= 11 is 0. The van der Waals surface area contributed by atoms with Crippen molar-refractivity contribution in [3.05, 3.63) is 53.5 Å². The normalized spacial score (nSPS) is 18.8. The van der Waals surface area contributed by atoms with Crippen molar-refractivity contribution in [1.29, 1.82) is 0 Å². The number of pyridine rings is 1. The van der Waals surface area contributed by atoms with Crippen molar-refractivity contribution >= 4 is 5.82 Å². The molecule has 0 amide bonds. The van der Waals surface area contributed by atoms with Gasteiger partial charge >= 0.3 is 6.18 Å². The summed E-state index contributed by atoms with van der Waals surface area (Å²) < 4.78 is 49.8. The van der Waals surface area contributed by atoms with Gasteiger partial charge in [0, 0.05) is 67.2 Å². The van der Waals surface area contributed by atoms with E-state index in [-0.39, 0.29) is 12.1 Å². The van der Waals surface area contributed by atoms with Crippen molar-refractivity contribution in [3.63, 3.8) is 0 Å². The van der Waals surface area contributed by atoms with Crippen molar-refractivity contribution in [2.24, 2.45) is 7.05 Å². The second kappa shape index (κ2) is 10.1. The minimum absolute atomic E-state index is 0.0567. The fourth-order valence-corrected chi connectivity index (χ4v) is 6.21. The Bertz CT molecular complexity index is 1620. The topological polar surface area (TPSA) is 86.8 Å². The fourth-order valence-electron chi connectivity index (χ4n) is 6.21. The highest BCUT2D eigenvalue weighted by molar-refractivity contribution is 5.73. The van der Waals surface area contributed by atoms with Gasteiger partial charge in [-0.1, -0.05) is 13.3 Å². The zero-order chi connectivity index (χ0) is 29.2. The molecule has 0 bridgehead atoms. The highest BCUT2D eigenvalue weighted by Crippen LogP contribution is 2.47. The predicted octanol–water partition coefficient (Wildman–Crippen LogP) is 6.11. The number of hydrogen-bond acceptors (Lipinski definition) is 7. The van der Waals surface area contributed by atoms with Gasteiger partial charge in [-0.25, -0.2) is 19.9 Å². The lowest BCUT2D eigenvalue weighted by Crippen LogP contribution is -2.41. The fraction of sp³-hybridized carbons (Fsp3) is 0.500. The summed E-state index contributed by atoms with van der Waals surface area (Å²) in [5.74, 6) is 2.00. The number of aromatic nitrogens is 7. The van der Waals surface area contributed by atoms with Crippen molar-refractivity contribution in [2.45, 2.75) is 82.6 Å². The van der Waals surface area contributed by atoms with Crippen LogP contribution in [0.3, 0.4) is 0 Å². The molecule has 4 aromatic rings. The monoisotopic (exact) mass is 578 g/mol. The van der Waals surface area contributed by atoms with Crippen molar-refractivity contribution < 1.29 is 17.9 Å². The first-order valence-electron chi connectivity index (χ1n) is 14.6. The molecule has 0 aromatic carbocycles. The summed E-state index contributed by atoms with van der Waals surface area (Å²) in [7, 11) is 3.61. The number of halogens is 3. The zero-order valence-corrected chi connectivity index (χ0v) is 23.9. The van der Waals surface area contributed by atoms with E-state index in [0.29, 0.717) is 29.7 Å². The Morgan fingerprint density at radius 1 is 1.07 bits per heavy atom. The molecule has 220 valence electrons. The number of fused-ring (bicyclic) bond motifs is 1. The molecule has 2 fully saturated rings. The highest BCUT2D eigenvalue weighted by Gasteiger charge is 2.39. The van der Waals surface area contributed by atoms with Gasteiger partial charge < -0.3 is 14.2 Å². The van der Waals surface area contributed by atoms with Crippen molar-refractivity contribution in [3.8, 4) is 28.5 Å². The van der Waals surface area contributed by atoms with Gasteiger partial charge in [0.25, 0.3) is 0 Å². The number of hydrogen-bond donors (Lipinski definition) is 0. The molecule has 4 aromatic heterocycles. The molecule has 0 radical (unpaired) electrons. The predicted molar refractivity (Wildman–Crippen MR) is 150 cm³/mol. The van der Waals surface area contributed by atoms with Gasteiger partial charge in [-0.2, -0.15) is 18.3 Å². The van der Waals surface area contributed by atoms with E-state index in [1.54, 1.807) is 24.2 Å². The average molecular weight is 579 g/mol. The molecule has 12 heteroatoms. The maximum absolute atomic E-state index is 13.5. The van der Waals surface area contributed by atoms with Crippen LogP contribution in [-0.2, 0) is 26.2 Å². The van der Waals surface area contributed by atoms with E-state index in [1.165, 1.54) is 5.69 Å². The van der Waals surface area contributed by atoms with E-state index in [1.807, 2.05) is 23.9 Å². The number of anilines is 1. The Kier molecular flexibility index (Phi) is 6.47. The summed E-state index contributed by atoms with van der Waals surface area (Å²) in [6.07, 6.45) is 6.51. The van der Waals surface area contributed by atoms with Gasteiger partial charge in [-0.15, -0.1) is 0 Å². The molecule has 0 spiro atoms. The van der Waals surface area contributed by atoms with Gasteiger partial charge in [-0.3, -0.25) is 4.68 Å². The second-order valence-electron chi connectivity index (χ2n) is 11.6. The van der Waals surface area contributed by atoms with E-state index in [0.717, 1.165) is 79.5 Å². The van der Waals surface area contributed by atoms with Crippen LogP contribution >= 0.6 is 0 Å². The number of nitrogens with zero attached hydrogens (tertiary/aromatic N) is 8. The maximum Gasteiger partial charge on any atom is 0.434 e. The third-order valence-electron chi connectivity index (χ3n) is 8.59. The lowest BCUT2D eigenvalue weighted by atomic mass is 9.93. The second-order valence-corrected chi connectivity index (χ2v) is 11.6. The largest absolute Gasteiger partial charge is 0.480 e. The molecule has 3 aliphatic rings. The van der Waals surface area contributed by atoms with Crippen LogP contribution in [0.2, 0.25) is 0 Å². The lowest BCUT2D eigenvalue weighted by Gasteiger charge is -2.37. The molecule has 42 heavy (non-hydrogen) atoms. The van der Waals surface area contributed by atoms with Crippen molar-refractivity contribution in [2.75, 3.05) is 12.0 Å². The maximum atomic E-state index is 13.5. The standard InChI is InChI=1S/C30H33F3N8O/c1-4-5-20-12-22-21(27(38-39(22)2)25-26(17-6-7-17)35-16-36-29(25)42-3)14-40(20)24-11-8-18(13-34-24)28-37-23(30(31,32)33)15-41(28)19-9-10-19/h8,11,13,15-17,19-20H,4-7,9-10,12,14H2,1-3H3. The Morgan fingerprint density at radius 3 is 2.52 bits per heavy atom. The summed E-state index contributed by atoms with van der Waals surface area (Å²) in [5.41, 5.74) is 4.68. The van der Waals surface area contributed by atoms with Crippen LogP contribution in [0.25, 0.3) is 22.6 Å². The highest BCUT2D eigenvalue weighted by atomic mass is 19.4. The van der Waals surface area contributed by atoms with Crippen LogP contribution in [-0.4, -0.2) is 47.4 Å². The summed E-state index contributed by atoms with van der Waals surface area (Å²) in [5, 5.41) is 4.98. The third-order valence-corrected chi connectivity index (χ3v) is 8.59. The lowest BCUT2D eigenvalue weighted by molar-refractivity contribution is -0.140. The van der Waals surface area contributed by atoms with Crippen LogP contribution in [0.5, 0.6) is 5.88 Å². The molecule has 9 nitrogen and oxygen atoms in total. The number of methoxy groups -OCH3 is 1. The quantitative estimate of drug-likeness (QED) is 0.249. The molecule has 2 saturated carbocycles. The van der Waals surface area contributed by atoms with Crippen molar-refractivity contribution in [1.82, 2.24) is 34.3 Å². The number of ether oxygens (including phenoxy) is 1. The Hall–Kier alpha value is -3.96. The first kappa shape index (κ1) is 26.9. The van der Waals surface area contributed by atoms with Gasteiger partial charge in [0.1, 0.15) is 23.7 Å². The van der Waals surface area contributed by atoms with E-state index < -0.39 is 11.9 Å². The van der Waals surface area contributed by atoms with E-state index >= 15 is 0 Å². The Morgan fingerprint density at radius 2 is 1.88 bits per heavy atom. The molecular weight excluding hydrogens is 545 g/mol. The molecule has 2 aliphatic carbocycles. The minimum atomic E-state index is -4.49. The van der Waals surface area contributed by atoms with Crippen LogP contribution in [0.1, 0.15) is 80.1 Å². The number of aryl methyl sites for hydroxylation is 1. The van der Waals surface area contributed by atoms with Gasteiger partial charge in [-0.05, 0) is 44.2 Å². The minimum Gasteiger partial charge on any atom is -0.480 e. The van der Waals surface area contributed by atoms with Gasteiger partial charge in [0.15, 0.2) is 5.69 Å². The molecule has 5 heterocycles. The average Bonchev–Trinajstić information content (AvgIpc) is 3.92. The Balaban J connectivity index is 1.26. The molecule has 7 rings (SSSR count). The zero-order valence-electron chi connectivity index (χ0n) is 23.9. The molecule has 1 unspecified atom stereocenters. The smallest absolute Gasteiger partial charge is 0.434 e. The molecule has 1 aliphatic heterocycles. The van der Waals surface area contributed by atoms with E-state index in [4.69, 9.17) is 14.8 Å². The SMILES string of the molecule is CCCC1Cc2c(c(-c3c(OC)ncnc3C3CC3)nn2C)CN1c1ccc(-c2nc(C(F)(F)F)cn2C2CC2)cn1. The van der Waals surface area contributed by atoms with Crippen LogP contribution < -0.4 is 9.64 Å². The van der Waals surface area contributed by atoms with Crippen LogP contribution in [0.4, 0.5) is 19.0 Å². The summed E-state index contributed by atoms with van der Waals surface area (Å²) in [4.78, 5) is 20.1. The summed E-state index contributed by atoms with van der Waals surface area (Å²) in [6.45, 7) is 2.76. The first-order valence-corrected chi connectivity index (χ1v) is 14.6. The molecule has 0 saturated heterocycles. The van der Waals surface area contributed by atoms with Gasteiger partial charge in [0.05, 0.1) is 18.4 Å². The van der Waals surface area contributed by atoms with E-state index in [2.05, 4.69) is 26.8 Å².